The minimum atomic E-state index is 0.0684. The summed E-state index contributed by atoms with van der Waals surface area (Å²) in [5.74, 6) is 0.406. The van der Waals surface area contributed by atoms with Crippen molar-refractivity contribution in [2.45, 2.75) is 34.1 Å². The van der Waals surface area contributed by atoms with Gasteiger partial charge >= 0.3 is 0 Å². The second-order valence-electron chi connectivity index (χ2n) is 7.27. The number of rotatable bonds is 3. The highest BCUT2D eigenvalue weighted by molar-refractivity contribution is 8.00. The van der Waals surface area contributed by atoms with Gasteiger partial charge < -0.3 is 0 Å². The molecule has 0 spiro atoms. The van der Waals surface area contributed by atoms with Gasteiger partial charge in [-0.3, -0.25) is 9.69 Å². The van der Waals surface area contributed by atoms with Gasteiger partial charge in [0, 0.05) is 20.1 Å². The number of hydrogen-bond acceptors (Lipinski definition) is 6. The summed E-state index contributed by atoms with van der Waals surface area (Å²) in [5.41, 5.74) is 3.31. The van der Waals surface area contributed by atoms with Gasteiger partial charge in [-0.2, -0.15) is 0 Å². The molecule has 4 aromatic rings. The van der Waals surface area contributed by atoms with Crippen LogP contribution in [0, 0.1) is 0 Å². The van der Waals surface area contributed by atoms with E-state index in [4.69, 9.17) is 0 Å². The molecule has 1 aliphatic carbocycles. The molecule has 1 amide bonds. The van der Waals surface area contributed by atoms with Gasteiger partial charge in [-0.15, -0.1) is 11.3 Å². The first-order chi connectivity index (χ1) is 14.8. The molecular weight excluding hydrogens is 430 g/mol. The van der Waals surface area contributed by atoms with E-state index in [1.54, 1.807) is 29.4 Å². The zero-order valence-electron chi connectivity index (χ0n) is 16.0. The Labute approximate surface area is 186 Å². The van der Waals surface area contributed by atoms with Gasteiger partial charge in [-0.1, -0.05) is 47.8 Å². The molecule has 2 aliphatic rings. The molecule has 7 heteroatoms. The Balaban J connectivity index is 1.34. The second kappa shape index (κ2) is 7.41. The Morgan fingerprint density at radius 1 is 1.00 bits per heavy atom. The molecule has 2 aromatic carbocycles. The van der Waals surface area contributed by atoms with Crippen molar-refractivity contribution in [2.24, 2.45) is 0 Å². The highest BCUT2D eigenvalue weighted by Gasteiger charge is 2.28. The van der Waals surface area contributed by atoms with Crippen molar-refractivity contribution in [3.05, 3.63) is 65.3 Å². The van der Waals surface area contributed by atoms with E-state index in [-0.39, 0.29) is 5.91 Å². The number of anilines is 2. The number of aromatic nitrogens is 2. The molecular formula is C23H17N3OS3. The van der Waals surface area contributed by atoms with Crippen molar-refractivity contribution in [1.29, 1.82) is 0 Å². The highest BCUT2D eigenvalue weighted by Crippen LogP contribution is 2.48. The minimum absolute atomic E-state index is 0.0684. The number of fused-ring (bicyclic) bond motifs is 5. The number of carbonyl (C=O) groups is 1. The fourth-order valence-corrected chi connectivity index (χ4v) is 7.40. The third kappa shape index (κ3) is 2.95. The maximum Gasteiger partial charge on any atom is 0.242 e. The zero-order valence-corrected chi connectivity index (χ0v) is 18.4. The molecule has 0 unspecified atom stereocenters. The smallest absolute Gasteiger partial charge is 0.242 e. The third-order valence-electron chi connectivity index (χ3n) is 5.48. The van der Waals surface area contributed by atoms with Gasteiger partial charge in [0.15, 0.2) is 0 Å². The summed E-state index contributed by atoms with van der Waals surface area (Å²) in [6.07, 6.45) is 5.06. The molecule has 0 atom stereocenters. The van der Waals surface area contributed by atoms with Gasteiger partial charge in [0.05, 0.1) is 17.1 Å². The zero-order chi connectivity index (χ0) is 20.1. The number of hydrogen-bond donors (Lipinski definition) is 0. The summed E-state index contributed by atoms with van der Waals surface area (Å²) < 4.78 is 0. The molecule has 4 nitrogen and oxygen atoms in total. The van der Waals surface area contributed by atoms with Gasteiger partial charge in [0.1, 0.15) is 16.2 Å². The van der Waals surface area contributed by atoms with Crippen LogP contribution in [0.15, 0.2) is 69.7 Å². The number of aryl methyl sites for hydroxylation is 2. The topological polar surface area (TPSA) is 46.1 Å². The SMILES string of the molecule is O=C(CSc1ncnc2sc3c(c12)CCC3)N1c2ccccc2Sc2ccccc21. The van der Waals surface area contributed by atoms with E-state index in [2.05, 4.69) is 22.1 Å². The Morgan fingerprint density at radius 3 is 2.50 bits per heavy atom. The quantitative estimate of drug-likeness (QED) is 0.280. The summed E-state index contributed by atoms with van der Waals surface area (Å²) in [6.45, 7) is 0. The van der Waals surface area contributed by atoms with Crippen LogP contribution in [0.25, 0.3) is 10.2 Å². The number of benzene rings is 2. The van der Waals surface area contributed by atoms with Gasteiger partial charge in [-0.25, -0.2) is 9.97 Å². The summed E-state index contributed by atoms with van der Waals surface area (Å²) in [4.78, 5) is 29.1. The number of nitrogens with zero attached hydrogens (tertiary/aromatic N) is 3. The minimum Gasteiger partial charge on any atom is -0.278 e. The lowest BCUT2D eigenvalue weighted by Crippen LogP contribution is -2.30. The number of thiophene rings is 1. The molecule has 0 fully saturated rings. The van der Waals surface area contributed by atoms with Crippen LogP contribution < -0.4 is 4.90 Å². The Hall–Kier alpha value is -2.35. The molecule has 148 valence electrons. The average Bonchev–Trinajstić information content (AvgIpc) is 3.37. The molecule has 0 bridgehead atoms. The number of carbonyl (C=O) groups excluding carboxylic acids is 1. The van der Waals surface area contributed by atoms with Crippen molar-refractivity contribution in [3.63, 3.8) is 0 Å². The van der Waals surface area contributed by atoms with Crippen LogP contribution >= 0.6 is 34.9 Å². The fourth-order valence-electron chi connectivity index (χ4n) is 4.18. The van der Waals surface area contributed by atoms with Crippen molar-refractivity contribution in [1.82, 2.24) is 9.97 Å². The number of thioether (sulfide) groups is 1. The molecule has 3 heterocycles. The fraction of sp³-hybridized carbons (Fsp3) is 0.174. The lowest BCUT2D eigenvalue weighted by atomic mass is 10.2. The average molecular weight is 448 g/mol. The normalized spacial score (nSPS) is 14.5. The predicted molar refractivity (Wildman–Crippen MR) is 124 cm³/mol. The number of amides is 1. The summed E-state index contributed by atoms with van der Waals surface area (Å²) >= 11 is 5.03. The van der Waals surface area contributed by atoms with Crippen LogP contribution in [0.2, 0.25) is 0 Å². The molecule has 0 saturated carbocycles. The Bertz CT molecular complexity index is 1250. The van der Waals surface area contributed by atoms with E-state index in [0.29, 0.717) is 5.75 Å². The lowest BCUT2D eigenvalue weighted by Gasteiger charge is -2.31. The molecule has 1 aliphatic heterocycles. The highest BCUT2D eigenvalue weighted by atomic mass is 32.2. The van der Waals surface area contributed by atoms with Crippen LogP contribution in [0.1, 0.15) is 16.9 Å². The molecule has 6 rings (SSSR count). The van der Waals surface area contributed by atoms with E-state index in [9.17, 15) is 4.79 Å². The lowest BCUT2D eigenvalue weighted by molar-refractivity contribution is -0.115. The molecule has 30 heavy (non-hydrogen) atoms. The van der Waals surface area contributed by atoms with Crippen molar-refractivity contribution < 1.29 is 4.79 Å². The number of para-hydroxylation sites is 2. The van der Waals surface area contributed by atoms with E-state index in [1.807, 2.05) is 41.3 Å². The molecule has 2 aromatic heterocycles. The summed E-state index contributed by atoms with van der Waals surface area (Å²) in [7, 11) is 0. The van der Waals surface area contributed by atoms with Crippen LogP contribution in [0.5, 0.6) is 0 Å². The van der Waals surface area contributed by atoms with E-state index < -0.39 is 0 Å². The summed E-state index contributed by atoms with van der Waals surface area (Å²) in [6, 6.07) is 16.2. The van der Waals surface area contributed by atoms with Crippen LogP contribution in [0.4, 0.5) is 11.4 Å². The van der Waals surface area contributed by atoms with Crippen LogP contribution in [0.3, 0.4) is 0 Å². The Morgan fingerprint density at radius 2 is 1.73 bits per heavy atom. The third-order valence-corrected chi connectivity index (χ3v) is 8.78. The first-order valence-electron chi connectivity index (χ1n) is 9.86. The van der Waals surface area contributed by atoms with E-state index >= 15 is 0 Å². The maximum absolute atomic E-state index is 13.5. The van der Waals surface area contributed by atoms with Crippen LogP contribution in [-0.4, -0.2) is 21.6 Å². The van der Waals surface area contributed by atoms with E-state index in [0.717, 1.165) is 43.9 Å². The molecule has 0 saturated heterocycles. The van der Waals surface area contributed by atoms with Crippen molar-refractivity contribution in [3.8, 4) is 0 Å². The van der Waals surface area contributed by atoms with Gasteiger partial charge in [0.25, 0.3) is 0 Å². The monoisotopic (exact) mass is 447 g/mol. The standard InChI is InChI=1S/C23H17N3OS3/c27-20(12-28-22-21-14-6-5-11-17(14)30-23(21)25-13-24-22)26-15-7-1-3-9-18(15)29-19-10-4-2-8-16(19)26/h1-4,7-10,13H,5-6,11-12H2. The maximum atomic E-state index is 13.5. The van der Waals surface area contributed by atoms with Crippen molar-refractivity contribution in [2.75, 3.05) is 10.7 Å². The van der Waals surface area contributed by atoms with E-state index in [1.165, 1.54) is 34.0 Å². The molecule has 0 radical (unpaired) electrons. The van der Waals surface area contributed by atoms with Crippen molar-refractivity contribution >= 4 is 62.4 Å². The Kier molecular flexibility index (Phi) is 4.55. The van der Waals surface area contributed by atoms with Gasteiger partial charge in [0.2, 0.25) is 5.91 Å². The largest absolute Gasteiger partial charge is 0.278 e. The van der Waals surface area contributed by atoms with Crippen LogP contribution in [-0.2, 0) is 17.6 Å². The summed E-state index contributed by atoms with van der Waals surface area (Å²) in [5, 5.41) is 2.10. The molecule has 0 N–H and O–H groups in total. The first-order valence-corrected chi connectivity index (χ1v) is 12.5. The second-order valence-corrected chi connectivity index (χ2v) is 10.4. The van der Waals surface area contributed by atoms with Gasteiger partial charge in [-0.05, 0) is 49.1 Å². The predicted octanol–water partition coefficient (Wildman–Crippen LogP) is 6.10. The first kappa shape index (κ1) is 18.4.